The number of hydrogen-bond donors (Lipinski definition) is 0. The average molecular weight is 254 g/mol. The van der Waals surface area contributed by atoms with Gasteiger partial charge in [-0.1, -0.05) is 70.4 Å². The van der Waals surface area contributed by atoms with Crippen molar-refractivity contribution in [2.24, 2.45) is 0 Å². The molecule has 0 heterocycles. The van der Waals surface area contributed by atoms with Crippen molar-refractivity contribution in [1.29, 1.82) is 0 Å². The molecule has 2 rings (SSSR count). The van der Waals surface area contributed by atoms with Crippen LogP contribution in [0, 0.1) is 0 Å². The van der Waals surface area contributed by atoms with E-state index in [0.717, 1.165) is 0 Å². The molecule has 0 spiro atoms. The Kier molecular flexibility index (Phi) is 5.01. The zero-order valence-corrected chi connectivity index (χ0v) is 12.6. The fourth-order valence-corrected chi connectivity index (χ4v) is 3.12. The minimum atomic E-state index is 1.22. The minimum Gasteiger partial charge on any atom is -0.0651 e. The van der Waals surface area contributed by atoms with Gasteiger partial charge in [0.15, 0.2) is 0 Å². The molecule has 0 aliphatic rings. The summed E-state index contributed by atoms with van der Waals surface area (Å²) in [7, 11) is 0. The summed E-state index contributed by atoms with van der Waals surface area (Å²) in [6, 6.07) is 11.3. The molecule has 0 bridgehead atoms. The van der Waals surface area contributed by atoms with Crippen LogP contribution >= 0.6 is 0 Å². The molecule has 2 aromatic carbocycles. The predicted octanol–water partition coefficient (Wildman–Crippen LogP) is 5.70. The summed E-state index contributed by atoms with van der Waals surface area (Å²) < 4.78 is 0. The van der Waals surface area contributed by atoms with E-state index in [-0.39, 0.29) is 0 Å². The van der Waals surface area contributed by atoms with Gasteiger partial charge in [-0.15, -0.1) is 0 Å². The molecular weight excluding hydrogens is 228 g/mol. The first-order valence-electron chi connectivity index (χ1n) is 7.84. The molecule has 0 heteroatoms. The third kappa shape index (κ3) is 3.00. The van der Waals surface area contributed by atoms with Gasteiger partial charge in [-0.05, 0) is 46.7 Å². The van der Waals surface area contributed by atoms with E-state index in [0.29, 0.717) is 0 Å². The highest BCUT2D eigenvalue weighted by Gasteiger charge is 2.11. The Bertz CT molecular complexity index is 537. The van der Waals surface area contributed by atoms with Gasteiger partial charge in [0.2, 0.25) is 0 Å². The van der Waals surface area contributed by atoms with E-state index >= 15 is 0 Å². The number of aryl methyl sites for hydroxylation is 2. The molecule has 0 saturated carbocycles. The van der Waals surface area contributed by atoms with Crippen LogP contribution in [-0.4, -0.2) is 0 Å². The van der Waals surface area contributed by atoms with Gasteiger partial charge < -0.3 is 0 Å². The topological polar surface area (TPSA) is 0 Å². The molecule has 0 nitrogen and oxygen atoms in total. The van der Waals surface area contributed by atoms with Crippen LogP contribution in [0.4, 0.5) is 0 Å². The zero-order valence-electron chi connectivity index (χ0n) is 12.6. The van der Waals surface area contributed by atoms with Crippen LogP contribution in [0.1, 0.15) is 56.7 Å². The van der Waals surface area contributed by atoms with Crippen molar-refractivity contribution in [3.05, 3.63) is 47.0 Å². The maximum Gasteiger partial charge on any atom is -0.0149 e. The van der Waals surface area contributed by atoms with Crippen molar-refractivity contribution in [2.45, 2.75) is 59.3 Å². The Balaban J connectivity index is 2.67. The Labute approximate surface area is 117 Å². The van der Waals surface area contributed by atoms with Crippen molar-refractivity contribution >= 4 is 10.8 Å². The molecule has 0 atom stereocenters. The van der Waals surface area contributed by atoms with E-state index in [1.165, 1.54) is 49.3 Å². The summed E-state index contributed by atoms with van der Waals surface area (Å²) >= 11 is 0. The Morgan fingerprint density at radius 2 is 1.37 bits per heavy atom. The van der Waals surface area contributed by atoms with Crippen LogP contribution < -0.4 is 0 Å². The lowest BCUT2D eigenvalue weighted by Crippen LogP contribution is -2.02. The van der Waals surface area contributed by atoms with Crippen LogP contribution in [0.2, 0.25) is 0 Å². The Morgan fingerprint density at radius 3 is 2.05 bits per heavy atom. The van der Waals surface area contributed by atoms with Gasteiger partial charge in [0.05, 0.1) is 0 Å². The third-order valence-corrected chi connectivity index (χ3v) is 3.89. The summed E-state index contributed by atoms with van der Waals surface area (Å²) in [5.74, 6) is 0. The summed E-state index contributed by atoms with van der Waals surface area (Å²) in [4.78, 5) is 0. The standard InChI is InChI=1S/C19H26/c1-4-9-15-14-16-12-7-8-13-18(16)19(11-6-3)17(15)10-5-2/h7-8,12-14H,4-6,9-11H2,1-3H3. The van der Waals surface area contributed by atoms with Gasteiger partial charge in [-0.3, -0.25) is 0 Å². The zero-order chi connectivity index (χ0) is 13.7. The van der Waals surface area contributed by atoms with Crippen molar-refractivity contribution < 1.29 is 0 Å². The number of rotatable bonds is 6. The van der Waals surface area contributed by atoms with E-state index in [1.54, 1.807) is 16.7 Å². The maximum atomic E-state index is 2.43. The van der Waals surface area contributed by atoms with Crippen LogP contribution in [0.15, 0.2) is 30.3 Å². The molecule has 0 aliphatic carbocycles. The molecule has 0 aromatic heterocycles. The Morgan fingerprint density at radius 1 is 0.737 bits per heavy atom. The second-order valence-corrected chi connectivity index (χ2v) is 5.46. The monoisotopic (exact) mass is 254 g/mol. The smallest absolute Gasteiger partial charge is 0.0149 e. The summed E-state index contributed by atoms with van der Waals surface area (Å²) in [6.45, 7) is 6.86. The summed E-state index contributed by atoms with van der Waals surface area (Å²) in [6.07, 6.45) is 7.38. The first-order valence-corrected chi connectivity index (χ1v) is 7.84. The van der Waals surface area contributed by atoms with Gasteiger partial charge in [0.1, 0.15) is 0 Å². The molecule has 0 fully saturated rings. The van der Waals surface area contributed by atoms with E-state index in [4.69, 9.17) is 0 Å². The third-order valence-electron chi connectivity index (χ3n) is 3.89. The van der Waals surface area contributed by atoms with Crippen LogP contribution in [-0.2, 0) is 19.3 Å². The summed E-state index contributed by atoms with van der Waals surface area (Å²) in [5.41, 5.74) is 4.85. The first-order chi connectivity index (χ1) is 9.31. The number of fused-ring (bicyclic) bond motifs is 1. The first kappa shape index (κ1) is 14.1. The van der Waals surface area contributed by atoms with Gasteiger partial charge in [0.25, 0.3) is 0 Å². The van der Waals surface area contributed by atoms with Crippen molar-refractivity contribution in [3.8, 4) is 0 Å². The highest BCUT2D eigenvalue weighted by Crippen LogP contribution is 2.29. The van der Waals surface area contributed by atoms with Crippen LogP contribution in [0.3, 0.4) is 0 Å². The molecule has 0 radical (unpaired) electrons. The molecule has 0 aliphatic heterocycles. The summed E-state index contributed by atoms with van der Waals surface area (Å²) in [5, 5.41) is 2.90. The van der Waals surface area contributed by atoms with Crippen LogP contribution in [0.5, 0.6) is 0 Å². The van der Waals surface area contributed by atoms with Gasteiger partial charge >= 0.3 is 0 Å². The molecule has 2 aromatic rings. The molecule has 0 N–H and O–H groups in total. The SMILES string of the molecule is CCCc1cc2ccccc2c(CCC)c1CCC. The second-order valence-electron chi connectivity index (χ2n) is 5.46. The minimum absolute atomic E-state index is 1.22. The second kappa shape index (κ2) is 6.75. The lowest BCUT2D eigenvalue weighted by Gasteiger charge is -2.17. The molecular formula is C19H26. The lowest BCUT2D eigenvalue weighted by molar-refractivity contribution is 0.832. The van der Waals surface area contributed by atoms with Crippen LogP contribution in [0.25, 0.3) is 10.8 Å². The normalized spacial score (nSPS) is 11.1. The van der Waals surface area contributed by atoms with Crippen molar-refractivity contribution in [2.75, 3.05) is 0 Å². The highest BCUT2D eigenvalue weighted by molar-refractivity contribution is 5.88. The van der Waals surface area contributed by atoms with E-state index in [9.17, 15) is 0 Å². The van der Waals surface area contributed by atoms with E-state index in [2.05, 4.69) is 51.1 Å². The van der Waals surface area contributed by atoms with E-state index < -0.39 is 0 Å². The number of hydrogen-bond acceptors (Lipinski definition) is 0. The lowest BCUT2D eigenvalue weighted by atomic mass is 9.88. The van der Waals surface area contributed by atoms with E-state index in [1.807, 2.05) is 0 Å². The molecule has 102 valence electrons. The largest absolute Gasteiger partial charge is 0.0651 e. The highest BCUT2D eigenvalue weighted by atomic mass is 14.2. The van der Waals surface area contributed by atoms with Crippen molar-refractivity contribution in [3.63, 3.8) is 0 Å². The molecule has 0 saturated heterocycles. The molecule has 19 heavy (non-hydrogen) atoms. The molecule has 0 unspecified atom stereocenters. The Hall–Kier alpha value is -1.30. The van der Waals surface area contributed by atoms with Crippen molar-refractivity contribution in [1.82, 2.24) is 0 Å². The fraction of sp³-hybridized carbons (Fsp3) is 0.474. The van der Waals surface area contributed by atoms with Gasteiger partial charge in [0, 0.05) is 0 Å². The van der Waals surface area contributed by atoms with Gasteiger partial charge in [-0.25, -0.2) is 0 Å². The predicted molar refractivity (Wildman–Crippen MR) is 85.9 cm³/mol. The van der Waals surface area contributed by atoms with Gasteiger partial charge in [-0.2, -0.15) is 0 Å². The number of benzene rings is 2. The fourth-order valence-electron chi connectivity index (χ4n) is 3.12. The quantitative estimate of drug-likeness (QED) is 0.620. The average Bonchev–Trinajstić information content (AvgIpc) is 2.43. The maximum absolute atomic E-state index is 2.43. The molecule has 0 amide bonds.